The first-order valence-corrected chi connectivity index (χ1v) is 8.47. The average molecular weight is 325 g/mol. The van der Waals surface area contributed by atoms with Crippen molar-refractivity contribution in [2.24, 2.45) is 0 Å². The molecule has 23 heavy (non-hydrogen) atoms. The number of hydrogen-bond donors (Lipinski definition) is 2. The number of nitrogens with one attached hydrogen (secondary N) is 2. The summed E-state index contributed by atoms with van der Waals surface area (Å²) in [5.41, 5.74) is 3.86. The summed E-state index contributed by atoms with van der Waals surface area (Å²) >= 11 is 1.49. The number of aryl methyl sites for hydroxylation is 1. The number of amides is 1. The highest BCUT2D eigenvalue weighted by Gasteiger charge is 2.15. The van der Waals surface area contributed by atoms with Crippen LogP contribution in [-0.2, 0) is 13.0 Å². The molecule has 0 saturated carbocycles. The summed E-state index contributed by atoms with van der Waals surface area (Å²) < 4.78 is 1.07. The van der Waals surface area contributed by atoms with Crippen LogP contribution in [0.3, 0.4) is 0 Å². The van der Waals surface area contributed by atoms with Gasteiger partial charge >= 0.3 is 0 Å². The highest BCUT2D eigenvalue weighted by atomic mass is 32.1. The molecule has 1 aromatic heterocycles. The van der Waals surface area contributed by atoms with Gasteiger partial charge in [0.25, 0.3) is 5.91 Å². The van der Waals surface area contributed by atoms with Crippen LogP contribution in [0.4, 0.5) is 5.13 Å². The highest BCUT2D eigenvalue weighted by Crippen LogP contribution is 2.26. The average Bonchev–Trinajstić information content (AvgIpc) is 2.97. The summed E-state index contributed by atoms with van der Waals surface area (Å²) in [6, 6.07) is 13.8. The maximum atomic E-state index is 12.7. The van der Waals surface area contributed by atoms with Gasteiger partial charge in [-0.25, -0.2) is 4.98 Å². The number of carbonyl (C=O) groups is 1. The Morgan fingerprint density at radius 1 is 1.17 bits per heavy atom. The lowest BCUT2D eigenvalue weighted by molar-refractivity contribution is 0.102. The number of fused-ring (bicyclic) bond motifs is 1. The highest BCUT2D eigenvalue weighted by molar-refractivity contribution is 7.22. The van der Waals surface area contributed by atoms with Crippen molar-refractivity contribution in [1.29, 1.82) is 0 Å². The van der Waals surface area contributed by atoms with Crippen LogP contribution in [0.15, 0.2) is 42.5 Å². The minimum absolute atomic E-state index is 0.107. The summed E-state index contributed by atoms with van der Waals surface area (Å²) in [6.45, 7) is 2.77. The van der Waals surface area contributed by atoms with E-state index in [1.165, 1.54) is 16.9 Å². The fourth-order valence-electron chi connectivity index (χ4n) is 2.65. The molecule has 1 amide bonds. The third kappa shape index (κ3) is 3.25. The molecule has 2 aromatic carbocycles. The number of nitrogens with zero attached hydrogens (tertiary/aromatic N) is 1. The second-order valence-corrected chi connectivity index (χ2v) is 6.30. The summed E-state index contributed by atoms with van der Waals surface area (Å²) in [6.07, 6.45) is 0.902. The maximum Gasteiger partial charge on any atom is 0.257 e. The first-order chi connectivity index (χ1) is 11.2. The van der Waals surface area contributed by atoms with Crippen molar-refractivity contribution in [1.82, 2.24) is 10.3 Å². The van der Waals surface area contributed by atoms with Gasteiger partial charge in [0, 0.05) is 12.1 Å². The summed E-state index contributed by atoms with van der Waals surface area (Å²) in [5.74, 6) is -0.107. The van der Waals surface area contributed by atoms with E-state index >= 15 is 0 Å². The number of aromatic nitrogens is 1. The van der Waals surface area contributed by atoms with E-state index in [1.807, 2.05) is 43.4 Å². The first-order valence-electron chi connectivity index (χ1n) is 7.65. The van der Waals surface area contributed by atoms with Gasteiger partial charge in [-0.05, 0) is 42.8 Å². The van der Waals surface area contributed by atoms with Gasteiger partial charge in [-0.2, -0.15) is 0 Å². The van der Waals surface area contributed by atoms with Crippen LogP contribution < -0.4 is 10.6 Å². The molecule has 0 unspecified atom stereocenters. The molecule has 5 heteroatoms. The number of anilines is 1. The minimum atomic E-state index is -0.107. The number of hydrogen-bond acceptors (Lipinski definition) is 4. The molecule has 0 atom stereocenters. The van der Waals surface area contributed by atoms with Crippen molar-refractivity contribution in [3.63, 3.8) is 0 Å². The Labute approximate surface area is 139 Å². The van der Waals surface area contributed by atoms with E-state index in [4.69, 9.17) is 0 Å². The topological polar surface area (TPSA) is 54.0 Å². The predicted molar refractivity (Wildman–Crippen MR) is 96.2 cm³/mol. The second kappa shape index (κ2) is 6.89. The molecule has 0 aliphatic rings. The van der Waals surface area contributed by atoms with E-state index in [2.05, 4.69) is 28.6 Å². The SMILES string of the molecule is CCc1cccc(C(=O)Nc2nc3ccccc3s2)c1CNC. The van der Waals surface area contributed by atoms with Gasteiger partial charge in [0.1, 0.15) is 0 Å². The number of rotatable bonds is 5. The molecule has 0 aliphatic heterocycles. The van der Waals surface area contributed by atoms with Gasteiger partial charge in [-0.1, -0.05) is 42.5 Å². The summed E-state index contributed by atoms with van der Waals surface area (Å²) in [4.78, 5) is 17.1. The van der Waals surface area contributed by atoms with E-state index < -0.39 is 0 Å². The fraction of sp³-hybridized carbons (Fsp3) is 0.222. The lowest BCUT2D eigenvalue weighted by atomic mass is 9.98. The minimum Gasteiger partial charge on any atom is -0.316 e. The standard InChI is InChI=1S/C18H19N3OS/c1-3-12-7-6-8-13(14(12)11-19-2)17(22)21-18-20-15-9-4-5-10-16(15)23-18/h4-10,19H,3,11H2,1-2H3,(H,20,21,22). The Morgan fingerprint density at radius 3 is 2.74 bits per heavy atom. The van der Waals surface area contributed by atoms with E-state index in [1.54, 1.807) is 0 Å². The van der Waals surface area contributed by atoms with Crippen molar-refractivity contribution in [2.75, 3.05) is 12.4 Å². The van der Waals surface area contributed by atoms with Gasteiger partial charge in [-0.3, -0.25) is 10.1 Å². The van der Waals surface area contributed by atoms with Crippen LogP contribution in [-0.4, -0.2) is 17.9 Å². The van der Waals surface area contributed by atoms with Gasteiger partial charge < -0.3 is 5.32 Å². The second-order valence-electron chi connectivity index (χ2n) is 5.27. The molecule has 4 nitrogen and oxygen atoms in total. The van der Waals surface area contributed by atoms with Crippen molar-refractivity contribution in [3.8, 4) is 0 Å². The van der Waals surface area contributed by atoms with Crippen LogP contribution >= 0.6 is 11.3 Å². The largest absolute Gasteiger partial charge is 0.316 e. The number of para-hydroxylation sites is 1. The van der Waals surface area contributed by atoms with Gasteiger partial charge in [0.15, 0.2) is 5.13 Å². The van der Waals surface area contributed by atoms with E-state index in [9.17, 15) is 4.79 Å². The Balaban J connectivity index is 1.90. The molecule has 3 rings (SSSR count). The van der Waals surface area contributed by atoms with Crippen LogP contribution in [0.2, 0.25) is 0 Å². The predicted octanol–water partition coefficient (Wildman–Crippen LogP) is 3.83. The molecule has 2 N–H and O–H groups in total. The molecule has 0 spiro atoms. The first kappa shape index (κ1) is 15.6. The molecule has 1 heterocycles. The molecule has 0 saturated heterocycles. The quantitative estimate of drug-likeness (QED) is 0.749. The van der Waals surface area contributed by atoms with Crippen LogP contribution in [0.5, 0.6) is 0 Å². The van der Waals surface area contributed by atoms with Crippen LogP contribution in [0, 0.1) is 0 Å². The van der Waals surface area contributed by atoms with Crippen LogP contribution in [0.1, 0.15) is 28.4 Å². The fourth-order valence-corrected chi connectivity index (χ4v) is 3.52. The molecule has 0 radical (unpaired) electrons. The summed E-state index contributed by atoms with van der Waals surface area (Å²) in [5, 5.41) is 6.72. The lowest BCUT2D eigenvalue weighted by Crippen LogP contribution is -2.18. The monoisotopic (exact) mass is 325 g/mol. The third-order valence-electron chi connectivity index (χ3n) is 3.77. The maximum absolute atomic E-state index is 12.7. The van der Waals surface area contributed by atoms with Crippen molar-refractivity contribution in [3.05, 3.63) is 59.2 Å². The van der Waals surface area contributed by atoms with Crippen molar-refractivity contribution >= 4 is 32.6 Å². The Hall–Kier alpha value is -2.24. The van der Waals surface area contributed by atoms with Gasteiger partial charge in [0.05, 0.1) is 10.2 Å². The zero-order chi connectivity index (χ0) is 16.2. The number of carbonyl (C=O) groups excluding carboxylic acids is 1. The summed E-state index contributed by atoms with van der Waals surface area (Å²) in [7, 11) is 1.89. The Bertz CT molecular complexity index is 808. The molecule has 0 aliphatic carbocycles. The van der Waals surface area contributed by atoms with Crippen molar-refractivity contribution < 1.29 is 4.79 Å². The van der Waals surface area contributed by atoms with E-state index in [0.29, 0.717) is 17.2 Å². The van der Waals surface area contributed by atoms with Gasteiger partial charge in [0.2, 0.25) is 0 Å². The number of thiazole rings is 1. The van der Waals surface area contributed by atoms with E-state index in [-0.39, 0.29) is 5.91 Å². The molecular formula is C18H19N3OS. The normalized spacial score (nSPS) is 10.9. The number of benzene rings is 2. The molecule has 3 aromatic rings. The van der Waals surface area contributed by atoms with E-state index in [0.717, 1.165) is 22.2 Å². The van der Waals surface area contributed by atoms with Crippen LogP contribution in [0.25, 0.3) is 10.2 Å². The smallest absolute Gasteiger partial charge is 0.257 e. The zero-order valence-electron chi connectivity index (χ0n) is 13.2. The Morgan fingerprint density at radius 2 is 2.00 bits per heavy atom. The lowest BCUT2D eigenvalue weighted by Gasteiger charge is -2.13. The molecule has 0 bridgehead atoms. The van der Waals surface area contributed by atoms with Crippen molar-refractivity contribution in [2.45, 2.75) is 19.9 Å². The third-order valence-corrected chi connectivity index (χ3v) is 4.72. The zero-order valence-corrected chi connectivity index (χ0v) is 14.0. The molecule has 0 fully saturated rings. The molecule has 118 valence electrons. The van der Waals surface area contributed by atoms with Gasteiger partial charge in [-0.15, -0.1) is 0 Å². The molecular weight excluding hydrogens is 306 g/mol. The Kier molecular flexibility index (Phi) is 4.69.